The zero-order valence-corrected chi connectivity index (χ0v) is 20.9. The van der Waals surface area contributed by atoms with Gasteiger partial charge in [0.2, 0.25) is 0 Å². The first-order valence-corrected chi connectivity index (χ1v) is 12.4. The van der Waals surface area contributed by atoms with Crippen LogP contribution in [0.1, 0.15) is 23.6 Å². The lowest BCUT2D eigenvalue weighted by Crippen LogP contribution is -2.31. The van der Waals surface area contributed by atoms with Crippen LogP contribution in [-0.4, -0.2) is 34.6 Å². The minimum absolute atomic E-state index is 0.102. The van der Waals surface area contributed by atoms with E-state index in [-0.39, 0.29) is 17.4 Å². The van der Waals surface area contributed by atoms with Crippen LogP contribution in [0.5, 0.6) is 11.5 Å². The monoisotopic (exact) mass is 482 g/mol. The van der Waals surface area contributed by atoms with Gasteiger partial charge in [-0.15, -0.1) is 0 Å². The van der Waals surface area contributed by atoms with Crippen LogP contribution in [0.4, 0.5) is 11.4 Å². The van der Waals surface area contributed by atoms with Crippen LogP contribution in [0.25, 0.3) is 0 Å². The molecular formula is C26H30N2O5S. The average molecular weight is 483 g/mol. The minimum Gasteiger partial charge on any atom is -0.494 e. The molecule has 3 aromatic rings. The van der Waals surface area contributed by atoms with E-state index in [0.717, 1.165) is 16.8 Å². The van der Waals surface area contributed by atoms with Gasteiger partial charge >= 0.3 is 0 Å². The molecule has 34 heavy (non-hydrogen) atoms. The van der Waals surface area contributed by atoms with E-state index >= 15 is 0 Å². The molecule has 0 bridgehead atoms. The van der Waals surface area contributed by atoms with E-state index in [9.17, 15) is 13.2 Å². The summed E-state index contributed by atoms with van der Waals surface area (Å²) >= 11 is 0. The van der Waals surface area contributed by atoms with Crippen LogP contribution in [-0.2, 0) is 14.8 Å². The summed E-state index contributed by atoms with van der Waals surface area (Å²) in [6, 6.07) is 17.0. The molecule has 0 aromatic heterocycles. The van der Waals surface area contributed by atoms with Crippen molar-refractivity contribution in [1.29, 1.82) is 0 Å². The highest BCUT2D eigenvalue weighted by molar-refractivity contribution is 7.92. The van der Waals surface area contributed by atoms with Crippen molar-refractivity contribution in [3.63, 3.8) is 0 Å². The number of anilines is 2. The SMILES string of the molecule is CCOc1ccc(NS(=O)(=O)c2ccc(OCC(=O)N(C)c3ccc(C)c(C)c3)c(C)c2)cc1. The molecule has 8 heteroatoms. The van der Waals surface area contributed by atoms with E-state index < -0.39 is 10.0 Å². The Morgan fingerprint density at radius 1 is 0.882 bits per heavy atom. The number of nitrogens with one attached hydrogen (secondary N) is 1. The van der Waals surface area contributed by atoms with Gasteiger partial charge in [0, 0.05) is 18.4 Å². The first kappa shape index (κ1) is 25.1. The molecule has 0 heterocycles. The van der Waals surface area contributed by atoms with Gasteiger partial charge in [-0.3, -0.25) is 9.52 Å². The van der Waals surface area contributed by atoms with Gasteiger partial charge in [0.25, 0.3) is 15.9 Å². The third kappa shape index (κ3) is 6.08. The van der Waals surface area contributed by atoms with Gasteiger partial charge in [-0.2, -0.15) is 0 Å². The lowest BCUT2D eigenvalue weighted by Gasteiger charge is -2.19. The van der Waals surface area contributed by atoms with Crippen molar-refractivity contribution >= 4 is 27.3 Å². The van der Waals surface area contributed by atoms with Crippen molar-refractivity contribution in [3.05, 3.63) is 77.4 Å². The van der Waals surface area contributed by atoms with E-state index in [1.807, 2.05) is 39.0 Å². The number of nitrogens with zero attached hydrogens (tertiary/aromatic N) is 1. The predicted octanol–water partition coefficient (Wildman–Crippen LogP) is 4.85. The molecule has 0 saturated carbocycles. The zero-order valence-electron chi connectivity index (χ0n) is 20.1. The largest absolute Gasteiger partial charge is 0.494 e. The van der Waals surface area contributed by atoms with E-state index in [0.29, 0.717) is 29.4 Å². The summed E-state index contributed by atoms with van der Waals surface area (Å²) in [5, 5.41) is 0. The van der Waals surface area contributed by atoms with Crippen molar-refractivity contribution in [1.82, 2.24) is 0 Å². The maximum absolute atomic E-state index is 12.8. The molecule has 3 aromatic carbocycles. The highest BCUT2D eigenvalue weighted by Crippen LogP contribution is 2.25. The van der Waals surface area contributed by atoms with Gasteiger partial charge in [-0.05, 0) is 99.0 Å². The number of benzene rings is 3. The maximum Gasteiger partial charge on any atom is 0.264 e. The molecule has 7 nitrogen and oxygen atoms in total. The van der Waals surface area contributed by atoms with Gasteiger partial charge in [0.05, 0.1) is 11.5 Å². The number of carbonyl (C=O) groups excluding carboxylic acids is 1. The Morgan fingerprint density at radius 2 is 1.59 bits per heavy atom. The summed E-state index contributed by atoms with van der Waals surface area (Å²) in [6.45, 7) is 8.00. The number of likely N-dealkylation sites (N-methyl/N-ethyl adjacent to an activating group) is 1. The maximum atomic E-state index is 12.8. The van der Waals surface area contributed by atoms with E-state index in [4.69, 9.17) is 9.47 Å². The lowest BCUT2D eigenvalue weighted by molar-refractivity contribution is -0.120. The summed E-state index contributed by atoms with van der Waals surface area (Å²) in [4.78, 5) is 14.2. The first-order valence-electron chi connectivity index (χ1n) is 10.9. The van der Waals surface area contributed by atoms with Crippen LogP contribution in [0.3, 0.4) is 0 Å². The number of carbonyl (C=O) groups is 1. The number of hydrogen-bond acceptors (Lipinski definition) is 5. The second kappa shape index (κ2) is 10.6. The van der Waals surface area contributed by atoms with Crippen molar-refractivity contribution in [2.45, 2.75) is 32.6 Å². The Hall–Kier alpha value is -3.52. The Balaban J connectivity index is 1.65. The van der Waals surface area contributed by atoms with Crippen LogP contribution in [0.15, 0.2) is 65.6 Å². The molecule has 0 radical (unpaired) electrons. The number of rotatable bonds is 9. The normalized spacial score (nSPS) is 11.1. The molecule has 3 rings (SSSR count). The standard InChI is InChI=1S/C26H30N2O5S/c1-6-32-23-11-8-21(9-12-23)27-34(30,31)24-13-14-25(20(4)16-24)33-17-26(29)28(5)22-10-7-18(2)19(3)15-22/h7-16,27H,6,17H2,1-5H3. The Labute approximate surface area is 201 Å². The molecule has 0 aliphatic heterocycles. The molecule has 0 spiro atoms. The number of ether oxygens (including phenoxy) is 2. The summed E-state index contributed by atoms with van der Waals surface area (Å²) < 4.78 is 39.2. The topological polar surface area (TPSA) is 84.9 Å². The fourth-order valence-electron chi connectivity index (χ4n) is 3.27. The molecule has 0 aliphatic carbocycles. The fraction of sp³-hybridized carbons (Fsp3) is 0.269. The Kier molecular flexibility index (Phi) is 7.83. The number of hydrogen-bond donors (Lipinski definition) is 1. The Morgan fingerprint density at radius 3 is 2.21 bits per heavy atom. The molecule has 0 aliphatic rings. The van der Waals surface area contributed by atoms with Crippen LogP contribution in [0.2, 0.25) is 0 Å². The van der Waals surface area contributed by atoms with Crippen LogP contribution >= 0.6 is 0 Å². The highest BCUT2D eigenvalue weighted by atomic mass is 32.2. The number of amides is 1. The third-order valence-corrected chi connectivity index (χ3v) is 6.86. The summed E-state index contributed by atoms with van der Waals surface area (Å²) in [5.41, 5.74) is 4.08. The molecule has 0 saturated heterocycles. The van der Waals surface area contributed by atoms with Gasteiger partial charge in [0.1, 0.15) is 11.5 Å². The molecule has 1 amide bonds. The smallest absolute Gasteiger partial charge is 0.264 e. The number of aryl methyl sites for hydroxylation is 3. The van der Waals surface area contributed by atoms with Gasteiger partial charge in [-0.1, -0.05) is 6.07 Å². The van der Waals surface area contributed by atoms with E-state index in [1.54, 1.807) is 49.2 Å². The summed E-state index contributed by atoms with van der Waals surface area (Å²) in [7, 11) is -2.09. The van der Waals surface area contributed by atoms with Gasteiger partial charge < -0.3 is 14.4 Å². The third-order valence-electron chi connectivity index (χ3n) is 5.48. The summed E-state index contributed by atoms with van der Waals surface area (Å²) in [5.74, 6) is 0.902. The van der Waals surface area contributed by atoms with Gasteiger partial charge in [-0.25, -0.2) is 8.42 Å². The molecular weight excluding hydrogens is 452 g/mol. The van der Waals surface area contributed by atoms with Crippen LogP contribution < -0.4 is 19.1 Å². The van der Waals surface area contributed by atoms with Crippen molar-refractivity contribution in [2.24, 2.45) is 0 Å². The van der Waals surface area contributed by atoms with Crippen LogP contribution in [0, 0.1) is 20.8 Å². The van der Waals surface area contributed by atoms with Crippen molar-refractivity contribution < 1.29 is 22.7 Å². The molecule has 0 fully saturated rings. The molecule has 0 atom stereocenters. The second-order valence-electron chi connectivity index (χ2n) is 8.00. The fourth-order valence-corrected chi connectivity index (χ4v) is 4.41. The minimum atomic E-state index is -3.79. The first-order chi connectivity index (χ1) is 16.1. The second-order valence-corrected chi connectivity index (χ2v) is 9.68. The number of sulfonamides is 1. The lowest BCUT2D eigenvalue weighted by atomic mass is 10.1. The molecule has 1 N–H and O–H groups in total. The van der Waals surface area contributed by atoms with Crippen molar-refractivity contribution in [2.75, 3.05) is 29.9 Å². The zero-order chi connectivity index (χ0) is 24.9. The Bertz CT molecular complexity index is 1270. The van der Waals surface area contributed by atoms with E-state index in [2.05, 4.69) is 4.72 Å². The van der Waals surface area contributed by atoms with E-state index in [1.165, 1.54) is 12.1 Å². The quantitative estimate of drug-likeness (QED) is 0.471. The predicted molar refractivity (Wildman–Crippen MR) is 134 cm³/mol. The molecule has 180 valence electrons. The van der Waals surface area contributed by atoms with Gasteiger partial charge in [0.15, 0.2) is 6.61 Å². The average Bonchev–Trinajstić information content (AvgIpc) is 2.80. The molecule has 0 unspecified atom stereocenters. The highest BCUT2D eigenvalue weighted by Gasteiger charge is 2.17. The van der Waals surface area contributed by atoms with Crippen molar-refractivity contribution in [3.8, 4) is 11.5 Å². The summed E-state index contributed by atoms with van der Waals surface area (Å²) in [6.07, 6.45) is 0.